The van der Waals surface area contributed by atoms with E-state index in [0.29, 0.717) is 23.7 Å². The van der Waals surface area contributed by atoms with E-state index in [-0.39, 0.29) is 11.6 Å². The molecule has 7 nitrogen and oxygen atoms in total. The van der Waals surface area contributed by atoms with E-state index < -0.39 is 4.92 Å². The zero-order valence-electron chi connectivity index (χ0n) is 12.3. The van der Waals surface area contributed by atoms with Crippen LogP contribution < -0.4 is 10.6 Å². The Bertz CT molecular complexity index is 547. The minimum atomic E-state index is -0.498. The van der Waals surface area contributed by atoms with Gasteiger partial charge in [0.05, 0.1) is 10.5 Å². The summed E-state index contributed by atoms with van der Waals surface area (Å²) in [7, 11) is 3.74. The number of benzene rings is 1. The first-order chi connectivity index (χ1) is 10.0. The molecule has 1 saturated heterocycles. The van der Waals surface area contributed by atoms with Crippen molar-refractivity contribution in [1.82, 2.24) is 10.2 Å². The minimum absolute atomic E-state index is 0.0836. The number of carbonyl (C=O) groups is 1. The van der Waals surface area contributed by atoms with Crippen LogP contribution in [0.5, 0.6) is 0 Å². The number of nitro benzene ring substituents is 1. The Morgan fingerprint density at radius 2 is 2.29 bits per heavy atom. The molecular formula is C14H20N4O3. The van der Waals surface area contributed by atoms with Crippen LogP contribution in [0.3, 0.4) is 0 Å². The summed E-state index contributed by atoms with van der Waals surface area (Å²) < 4.78 is 0. The van der Waals surface area contributed by atoms with E-state index >= 15 is 0 Å². The van der Waals surface area contributed by atoms with Gasteiger partial charge in [-0.1, -0.05) is 0 Å². The largest absolute Gasteiger partial charge is 0.387 e. The Kier molecular flexibility index (Phi) is 4.74. The number of amides is 1. The molecule has 21 heavy (non-hydrogen) atoms. The zero-order valence-corrected chi connectivity index (χ0v) is 12.3. The molecule has 1 heterocycles. The van der Waals surface area contributed by atoms with Crippen molar-refractivity contribution in [1.29, 1.82) is 0 Å². The van der Waals surface area contributed by atoms with Gasteiger partial charge in [0.1, 0.15) is 0 Å². The molecule has 0 aromatic heterocycles. The summed E-state index contributed by atoms with van der Waals surface area (Å²) in [6, 6.07) is 4.24. The number of likely N-dealkylation sites (tertiary alicyclic amines) is 1. The van der Waals surface area contributed by atoms with Gasteiger partial charge in [0.25, 0.3) is 11.6 Å². The first-order valence-electron chi connectivity index (χ1n) is 6.94. The molecule has 1 fully saturated rings. The maximum atomic E-state index is 12.3. The standard InChI is InChI=1S/C14H20N4O3/c1-15-13-4-3-11(18(20)21)7-12(13)14(19)16-8-10-5-6-17(2)9-10/h3-4,7,10,15H,5-6,8-9H2,1-2H3,(H,16,19). The lowest BCUT2D eigenvalue weighted by molar-refractivity contribution is -0.384. The summed E-state index contributed by atoms with van der Waals surface area (Å²) in [4.78, 5) is 24.8. The molecule has 1 aliphatic rings. The summed E-state index contributed by atoms with van der Waals surface area (Å²) >= 11 is 0. The molecule has 1 amide bonds. The highest BCUT2D eigenvalue weighted by Gasteiger charge is 2.21. The van der Waals surface area contributed by atoms with E-state index in [1.807, 2.05) is 0 Å². The van der Waals surface area contributed by atoms with Crippen LogP contribution in [0.15, 0.2) is 18.2 Å². The maximum Gasteiger partial charge on any atom is 0.270 e. The van der Waals surface area contributed by atoms with Crippen molar-refractivity contribution in [2.45, 2.75) is 6.42 Å². The van der Waals surface area contributed by atoms with Gasteiger partial charge in [-0.15, -0.1) is 0 Å². The van der Waals surface area contributed by atoms with E-state index in [4.69, 9.17) is 0 Å². The van der Waals surface area contributed by atoms with Crippen molar-refractivity contribution >= 4 is 17.3 Å². The number of nitrogens with zero attached hydrogens (tertiary/aromatic N) is 2. The van der Waals surface area contributed by atoms with Gasteiger partial charge in [0.15, 0.2) is 0 Å². The lowest BCUT2D eigenvalue weighted by Crippen LogP contribution is -2.31. The maximum absolute atomic E-state index is 12.3. The first-order valence-corrected chi connectivity index (χ1v) is 6.94. The van der Waals surface area contributed by atoms with Gasteiger partial charge >= 0.3 is 0 Å². The predicted molar refractivity (Wildman–Crippen MR) is 80.6 cm³/mol. The zero-order chi connectivity index (χ0) is 15.4. The molecule has 1 aliphatic heterocycles. The molecule has 1 unspecified atom stereocenters. The topological polar surface area (TPSA) is 87.5 Å². The summed E-state index contributed by atoms with van der Waals surface area (Å²) in [5.41, 5.74) is 0.805. The summed E-state index contributed by atoms with van der Waals surface area (Å²) in [5, 5.41) is 16.6. The molecule has 1 aromatic rings. The third kappa shape index (κ3) is 3.69. The van der Waals surface area contributed by atoms with Crippen molar-refractivity contribution in [2.75, 3.05) is 39.0 Å². The fraction of sp³-hybridized carbons (Fsp3) is 0.500. The quantitative estimate of drug-likeness (QED) is 0.631. The number of carbonyl (C=O) groups excluding carboxylic acids is 1. The van der Waals surface area contributed by atoms with Crippen LogP contribution in [0.4, 0.5) is 11.4 Å². The molecule has 0 bridgehead atoms. The number of rotatable bonds is 5. The van der Waals surface area contributed by atoms with Crippen molar-refractivity contribution < 1.29 is 9.72 Å². The van der Waals surface area contributed by atoms with Gasteiger partial charge in [-0.25, -0.2) is 0 Å². The van der Waals surface area contributed by atoms with Crippen LogP contribution in [-0.2, 0) is 0 Å². The van der Waals surface area contributed by atoms with Crippen LogP contribution in [0.1, 0.15) is 16.8 Å². The highest BCUT2D eigenvalue weighted by molar-refractivity contribution is 6.00. The Morgan fingerprint density at radius 3 is 2.86 bits per heavy atom. The molecule has 2 N–H and O–H groups in total. The fourth-order valence-corrected chi connectivity index (χ4v) is 2.58. The smallest absolute Gasteiger partial charge is 0.270 e. The summed E-state index contributed by atoms with van der Waals surface area (Å²) in [5.74, 6) is 0.160. The normalized spacial score (nSPS) is 18.5. The van der Waals surface area contributed by atoms with Crippen LogP contribution in [0.25, 0.3) is 0 Å². The van der Waals surface area contributed by atoms with Crippen molar-refractivity contribution in [3.63, 3.8) is 0 Å². The average Bonchev–Trinajstić information content (AvgIpc) is 2.89. The van der Waals surface area contributed by atoms with Crippen LogP contribution in [0, 0.1) is 16.0 Å². The van der Waals surface area contributed by atoms with Crippen molar-refractivity contribution in [3.8, 4) is 0 Å². The SMILES string of the molecule is CNc1ccc([N+](=O)[O-])cc1C(=O)NCC1CCN(C)C1. The molecule has 2 rings (SSSR count). The first kappa shape index (κ1) is 15.2. The Hall–Kier alpha value is -2.15. The molecule has 114 valence electrons. The summed E-state index contributed by atoms with van der Waals surface area (Å²) in [6.07, 6.45) is 1.06. The van der Waals surface area contributed by atoms with Crippen LogP contribution >= 0.6 is 0 Å². The average molecular weight is 292 g/mol. The molecule has 0 aliphatic carbocycles. The molecule has 0 radical (unpaired) electrons. The van der Waals surface area contributed by atoms with E-state index in [1.54, 1.807) is 13.1 Å². The molecule has 7 heteroatoms. The molecule has 0 spiro atoms. The molecule has 1 aromatic carbocycles. The highest BCUT2D eigenvalue weighted by Crippen LogP contribution is 2.22. The number of anilines is 1. The van der Waals surface area contributed by atoms with Gasteiger partial charge in [0, 0.05) is 38.0 Å². The minimum Gasteiger partial charge on any atom is -0.387 e. The number of non-ortho nitro benzene ring substituents is 1. The lowest BCUT2D eigenvalue weighted by Gasteiger charge is -2.13. The molecule has 0 saturated carbocycles. The summed E-state index contributed by atoms with van der Waals surface area (Å²) in [6.45, 7) is 2.60. The van der Waals surface area contributed by atoms with E-state index in [0.717, 1.165) is 19.5 Å². The van der Waals surface area contributed by atoms with Crippen molar-refractivity contribution in [2.24, 2.45) is 5.92 Å². The van der Waals surface area contributed by atoms with Gasteiger partial charge in [-0.05, 0) is 32.0 Å². The van der Waals surface area contributed by atoms with E-state index in [1.165, 1.54) is 12.1 Å². The van der Waals surface area contributed by atoms with Crippen LogP contribution in [-0.4, -0.2) is 49.5 Å². The second kappa shape index (κ2) is 6.53. The van der Waals surface area contributed by atoms with Crippen LogP contribution in [0.2, 0.25) is 0 Å². The van der Waals surface area contributed by atoms with Gasteiger partial charge in [-0.2, -0.15) is 0 Å². The van der Waals surface area contributed by atoms with Gasteiger partial charge < -0.3 is 15.5 Å². The highest BCUT2D eigenvalue weighted by atomic mass is 16.6. The Balaban J connectivity index is 2.06. The third-order valence-corrected chi connectivity index (χ3v) is 3.77. The monoisotopic (exact) mass is 292 g/mol. The Labute approximate surface area is 123 Å². The molecular weight excluding hydrogens is 272 g/mol. The fourth-order valence-electron chi connectivity index (χ4n) is 2.58. The number of nitrogens with one attached hydrogen (secondary N) is 2. The molecule has 1 atom stereocenters. The third-order valence-electron chi connectivity index (χ3n) is 3.77. The predicted octanol–water partition coefficient (Wildman–Crippen LogP) is 1.32. The van der Waals surface area contributed by atoms with Crippen molar-refractivity contribution in [3.05, 3.63) is 33.9 Å². The Morgan fingerprint density at radius 1 is 1.52 bits per heavy atom. The lowest BCUT2D eigenvalue weighted by atomic mass is 10.1. The number of hydrogen-bond donors (Lipinski definition) is 2. The van der Waals surface area contributed by atoms with E-state index in [2.05, 4.69) is 22.6 Å². The number of hydrogen-bond acceptors (Lipinski definition) is 5. The van der Waals surface area contributed by atoms with Gasteiger partial charge in [0.2, 0.25) is 0 Å². The van der Waals surface area contributed by atoms with Gasteiger partial charge in [-0.3, -0.25) is 14.9 Å². The number of nitro groups is 1. The second-order valence-electron chi connectivity index (χ2n) is 5.36. The second-order valence-corrected chi connectivity index (χ2v) is 5.36. The van der Waals surface area contributed by atoms with E-state index in [9.17, 15) is 14.9 Å².